The summed E-state index contributed by atoms with van der Waals surface area (Å²) in [5.74, 6) is 0.558. The zero-order valence-corrected chi connectivity index (χ0v) is 14.0. The van der Waals surface area contributed by atoms with Crippen LogP contribution in [0.25, 0.3) is 0 Å². The molecule has 0 spiro atoms. The Kier molecular flexibility index (Phi) is 8.24. The van der Waals surface area contributed by atoms with Crippen LogP contribution in [-0.2, 0) is 9.53 Å². The lowest BCUT2D eigenvalue weighted by Crippen LogP contribution is -2.50. The molecule has 7 heteroatoms. The number of carbonyl (C=O) groups is 1. The number of ether oxygens (including phenoxy) is 2. The molecule has 0 saturated carbocycles. The van der Waals surface area contributed by atoms with Gasteiger partial charge < -0.3 is 14.8 Å². The molecule has 0 aliphatic rings. The lowest BCUT2D eigenvalue weighted by molar-refractivity contribution is -0.122. The van der Waals surface area contributed by atoms with Gasteiger partial charge in [0.2, 0.25) is 5.91 Å². The maximum Gasteiger partial charge on any atom is 0.241 e. The van der Waals surface area contributed by atoms with Crippen LogP contribution in [0.1, 0.15) is 18.9 Å². The number of thiocarbonyl (C=S) groups is 1. The van der Waals surface area contributed by atoms with Gasteiger partial charge in [0.05, 0.1) is 19.6 Å². The summed E-state index contributed by atoms with van der Waals surface area (Å²) >= 11 is 5.04. The summed E-state index contributed by atoms with van der Waals surface area (Å²) in [7, 11) is 1.62. The van der Waals surface area contributed by atoms with Crippen molar-refractivity contribution >= 4 is 23.2 Å². The van der Waals surface area contributed by atoms with Gasteiger partial charge in [0.15, 0.2) is 5.11 Å². The quantitative estimate of drug-likeness (QED) is 0.518. The van der Waals surface area contributed by atoms with Crippen molar-refractivity contribution in [1.29, 1.82) is 0 Å². The number of rotatable bonds is 7. The van der Waals surface area contributed by atoms with Crippen LogP contribution < -0.4 is 20.9 Å². The molecule has 1 aromatic rings. The molecule has 1 amide bonds. The van der Waals surface area contributed by atoms with Crippen LogP contribution in [0, 0.1) is 6.92 Å². The van der Waals surface area contributed by atoms with Gasteiger partial charge in [-0.15, -0.1) is 0 Å². The number of hydrazine groups is 1. The van der Waals surface area contributed by atoms with E-state index in [2.05, 4.69) is 16.2 Å². The summed E-state index contributed by atoms with van der Waals surface area (Å²) in [6.45, 7) is 4.74. The highest BCUT2D eigenvalue weighted by Gasteiger charge is 2.05. The molecule has 0 aliphatic carbocycles. The zero-order chi connectivity index (χ0) is 16.4. The van der Waals surface area contributed by atoms with Gasteiger partial charge in [0, 0.05) is 13.2 Å². The van der Waals surface area contributed by atoms with Gasteiger partial charge >= 0.3 is 0 Å². The molecule has 0 saturated heterocycles. The van der Waals surface area contributed by atoms with Gasteiger partial charge in [-0.05, 0) is 43.8 Å². The second-order valence-electron chi connectivity index (χ2n) is 4.92. The Hall–Kier alpha value is -1.86. The van der Waals surface area contributed by atoms with Crippen LogP contribution in [0.15, 0.2) is 24.3 Å². The fourth-order valence-electron chi connectivity index (χ4n) is 1.71. The van der Waals surface area contributed by atoms with Crippen LogP contribution in [0.5, 0.6) is 5.75 Å². The third kappa shape index (κ3) is 7.80. The van der Waals surface area contributed by atoms with Crippen molar-refractivity contribution in [3.8, 4) is 5.75 Å². The summed E-state index contributed by atoms with van der Waals surface area (Å²) in [6.07, 6.45) is 0.233. The number of amides is 1. The molecule has 6 nitrogen and oxygen atoms in total. The van der Waals surface area contributed by atoms with Crippen molar-refractivity contribution in [2.75, 3.05) is 20.3 Å². The van der Waals surface area contributed by atoms with Crippen molar-refractivity contribution in [2.24, 2.45) is 0 Å². The Labute approximate surface area is 136 Å². The minimum atomic E-state index is -0.198. The molecule has 22 heavy (non-hydrogen) atoms. The fraction of sp³-hybridized carbons (Fsp3) is 0.467. The molecule has 1 rings (SSSR count). The molecule has 122 valence electrons. The van der Waals surface area contributed by atoms with E-state index in [0.29, 0.717) is 18.3 Å². The molecule has 0 heterocycles. The van der Waals surface area contributed by atoms with Gasteiger partial charge in [-0.2, -0.15) is 0 Å². The van der Waals surface area contributed by atoms with Crippen LogP contribution >= 0.6 is 12.2 Å². The molecule has 0 unspecified atom stereocenters. The number of carbonyl (C=O) groups excluding carboxylic acids is 1. The Morgan fingerprint density at radius 1 is 1.36 bits per heavy atom. The number of nitrogens with one attached hydrogen (secondary N) is 3. The lowest BCUT2D eigenvalue weighted by atomic mass is 10.2. The monoisotopic (exact) mass is 325 g/mol. The van der Waals surface area contributed by atoms with E-state index < -0.39 is 0 Å². The molecule has 0 aliphatic heterocycles. The molecule has 0 bridgehead atoms. The number of hydrogen-bond donors (Lipinski definition) is 3. The second-order valence-corrected chi connectivity index (χ2v) is 5.33. The van der Waals surface area contributed by atoms with Crippen LogP contribution in [0.3, 0.4) is 0 Å². The highest BCUT2D eigenvalue weighted by Crippen LogP contribution is 2.12. The Morgan fingerprint density at radius 2 is 2.14 bits per heavy atom. The van der Waals surface area contributed by atoms with Gasteiger partial charge in [-0.25, -0.2) is 0 Å². The highest BCUT2D eigenvalue weighted by molar-refractivity contribution is 7.80. The third-order valence-corrected chi connectivity index (χ3v) is 2.92. The first-order valence-electron chi connectivity index (χ1n) is 7.05. The highest BCUT2D eigenvalue weighted by atomic mass is 32.1. The largest absolute Gasteiger partial charge is 0.493 e. The Morgan fingerprint density at radius 3 is 2.82 bits per heavy atom. The number of aryl methyl sites for hydroxylation is 1. The van der Waals surface area contributed by atoms with E-state index in [9.17, 15) is 4.79 Å². The van der Waals surface area contributed by atoms with E-state index in [1.807, 2.05) is 38.1 Å². The number of methoxy groups -OCH3 is 1. The summed E-state index contributed by atoms with van der Waals surface area (Å²) in [5.41, 5.74) is 6.27. The van der Waals surface area contributed by atoms with Gasteiger partial charge in [0.1, 0.15) is 5.75 Å². The van der Waals surface area contributed by atoms with Gasteiger partial charge in [-0.3, -0.25) is 15.6 Å². The smallest absolute Gasteiger partial charge is 0.241 e. The minimum absolute atomic E-state index is 0.0616. The van der Waals surface area contributed by atoms with Gasteiger partial charge in [0.25, 0.3) is 0 Å². The van der Waals surface area contributed by atoms with E-state index in [1.54, 1.807) is 7.11 Å². The van der Waals surface area contributed by atoms with Crippen molar-refractivity contribution < 1.29 is 14.3 Å². The SMILES string of the molecule is COC[C@H](C)NC(=S)NNC(=O)CCOc1cccc(C)c1. The lowest BCUT2D eigenvalue weighted by Gasteiger charge is -2.16. The number of hydrogen-bond acceptors (Lipinski definition) is 4. The van der Waals surface area contributed by atoms with E-state index in [1.165, 1.54) is 0 Å². The predicted octanol–water partition coefficient (Wildman–Crippen LogP) is 1.29. The van der Waals surface area contributed by atoms with Crippen LogP contribution in [0.4, 0.5) is 0 Å². The van der Waals surface area contributed by atoms with Crippen LogP contribution in [-0.4, -0.2) is 37.4 Å². The molecule has 3 N–H and O–H groups in total. The standard InChI is InChI=1S/C15H23N3O3S/c1-11-5-4-6-13(9-11)21-8-7-14(19)17-18-15(22)16-12(2)10-20-3/h4-6,9,12H,7-8,10H2,1-3H3,(H,17,19)(H2,16,18,22)/t12-/m0/s1. The molecule has 0 radical (unpaired) electrons. The maximum absolute atomic E-state index is 11.7. The average molecular weight is 325 g/mol. The second kappa shape index (κ2) is 9.97. The molecular formula is C15H23N3O3S. The molecular weight excluding hydrogens is 302 g/mol. The van der Waals surface area contributed by atoms with E-state index in [-0.39, 0.29) is 18.4 Å². The summed E-state index contributed by atoms with van der Waals surface area (Å²) in [6, 6.07) is 7.75. The zero-order valence-electron chi connectivity index (χ0n) is 13.1. The van der Waals surface area contributed by atoms with Crippen LogP contribution in [0.2, 0.25) is 0 Å². The van der Waals surface area contributed by atoms with E-state index in [4.69, 9.17) is 21.7 Å². The van der Waals surface area contributed by atoms with E-state index in [0.717, 1.165) is 11.3 Å². The maximum atomic E-state index is 11.7. The topological polar surface area (TPSA) is 71.6 Å². The normalized spacial score (nSPS) is 11.4. The van der Waals surface area contributed by atoms with Crippen molar-refractivity contribution in [2.45, 2.75) is 26.3 Å². The molecule has 1 aromatic carbocycles. The predicted molar refractivity (Wildman–Crippen MR) is 89.6 cm³/mol. The number of benzene rings is 1. The molecule has 0 fully saturated rings. The minimum Gasteiger partial charge on any atom is -0.493 e. The molecule has 1 atom stereocenters. The Balaban J connectivity index is 2.17. The summed E-state index contributed by atoms with van der Waals surface area (Å²) in [5, 5.41) is 3.32. The average Bonchev–Trinajstić information content (AvgIpc) is 2.45. The summed E-state index contributed by atoms with van der Waals surface area (Å²) < 4.78 is 10.5. The summed E-state index contributed by atoms with van der Waals surface area (Å²) in [4.78, 5) is 11.7. The van der Waals surface area contributed by atoms with Gasteiger partial charge in [-0.1, -0.05) is 12.1 Å². The molecule has 0 aromatic heterocycles. The first-order valence-corrected chi connectivity index (χ1v) is 7.46. The van der Waals surface area contributed by atoms with Crippen molar-refractivity contribution in [1.82, 2.24) is 16.2 Å². The van der Waals surface area contributed by atoms with E-state index >= 15 is 0 Å². The third-order valence-electron chi connectivity index (χ3n) is 2.70. The first kappa shape index (κ1) is 18.2. The van der Waals surface area contributed by atoms with Crippen molar-refractivity contribution in [3.63, 3.8) is 0 Å². The Bertz CT molecular complexity index is 497. The first-order chi connectivity index (χ1) is 10.5. The van der Waals surface area contributed by atoms with Crippen molar-refractivity contribution in [3.05, 3.63) is 29.8 Å². The fourth-order valence-corrected chi connectivity index (χ4v) is 1.96.